The first kappa shape index (κ1) is 11.6. The lowest BCUT2D eigenvalue weighted by Gasteiger charge is -2.26. The van der Waals surface area contributed by atoms with Crippen molar-refractivity contribution in [2.45, 2.75) is 52.6 Å². The summed E-state index contributed by atoms with van der Waals surface area (Å²) in [5.74, 6) is 0. The number of carbonyl (C=O) groups is 1. The first-order chi connectivity index (χ1) is 5.52. The summed E-state index contributed by atoms with van der Waals surface area (Å²) < 4.78 is 0. The van der Waals surface area contributed by atoms with Gasteiger partial charge in [0.1, 0.15) is 6.29 Å². The number of aliphatic hydroxyl groups is 1. The number of hydrogen-bond donors (Lipinski definition) is 1. The van der Waals surface area contributed by atoms with Gasteiger partial charge < -0.3 is 9.90 Å². The van der Waals surface area contributed by atoms with Gasteiger partial charge in [0.05, 0.1) is 6.10 Å². The Morgan fingerprint density at radius 1 is 1.50 bits per heavy atom. The molecule has 0 radical (unpaired) electrons. The largest absolute Gasteiger partial charge is 0.393 e. The molecule has 0 aromatic rings. The van der Waals surface area contributed by atoms with Gasteiger partial charge in [0.15, 0.2) is 0 Å². The van der Waals surface area contributed by atoms with E-state index in [1.54, 1.807) is 0 Å². The second-order valence-electron chi connectivity index (χ2n) is 4.17. The van der Waals surface area contributed by atoms with Crippen LogP contribution in [0.25, 0.3) is 0 Å². The van der Waals surface area contributed by atoms with Crippen molar-refractivity contribution >= 4 is 6.29 Å². The fourth-order valence-electron chi connectivity index (χ4n) is 1.61. The van der Waals surface area contributed by atoms with Crippen molar-refractivity contribution in [2.24, 2.45) is 5.41 Å². The average Bonchev–Trinajstić information content (AvgIpc) is 1.85. The molecule has 0 aliphatic carbocycles. The molecular formula is C10H20O2. The van der Waals surface area contributed by atoms with Crippen molar-refractivity contribution in [3.63, 3.8) is 0 Å². The van der Waals surface area contributed by atoms with Crippen LogP contribution in [0.1, 0.15) is 46.5 Å². The molecule has 0 rings (SSSR count). The van der Waals surface area contributed by atoms with Crippen LogP contribution in [0.4, 0.5) is 0 Å². The van der Waals surface area contributed by atoms with Crippen LogP contribution in [0.15, 0.2) is 0 Å². The van der Waals surface area contributed by atoms with Gasteiger partial charge in [-0.25, -0.2) is 0 Å². The fraction of sp³-hybridized carbons (Fsp3) is 0.900. The van der Waals surface area contributed by atoms with Crippen LogP contribution in [-0.4, -0.2) is 17.5 Å². The molecule has 2 heteroatoms. The zero-order valence-corrected chi connectivity index (χ0v) is 8.34. The number of rotatable bonds is 6. The Morgan fingerprint density at radius 3 is 2.50 bits per heavy atom. The number of hydrogen-bond acceptors (Lipinski definition) is 2. The van der Waals surface area contributed by atoms with E-state index < -0.39 is 6.10 Å². The summed E-state index contributed by atoms with van der Waals surface area (Å²) in [5, 5.41) is 9.38. The molecule has 0 aliphatic rings. The zero-order valence-electron chi connectivity index (χ0n) is 8.34. The average molecular weight is 172 g/mol. The molecule has 0 saturated carbocycles. The van der Waals surface area contributed by atoms with Crippen molar-refractivity contribution in [2.75, 3.05) is 0 Å². The second kappa shape index (κ2) is 5.31. The van der Waals surface area contributed by atoms with Crippen molar-refractivity contribution in [3.05, 3.63) is 0 Å². The molecule has 0 saturated heterocycles. The number of carbonyl (C=O) groups excluding carboxylic acids is 1. The molecule has 0 bridgehead atoms. The van der Waals surface area contributed by atoms with E-state index in [1.807, 2.05) is 0 Å². The molecule has 0 aromatic carbocycles. The summed E-state index contributed by atoms with van der Waals surface area (Å²) in [6.45, 7) is 6.39. The third kappa shape index (κ3) is 5.30. The molecule has 0 aromatic heterocycles. The van der Waals surface area contributed by atoms with Crippen LogP contribution in [-0.2, 0) is 4.79 Å². The molecule has 1 unspecified atom stereocenters. The van der Waals surface area contributed by atoms with E-state index >= 15 is 0 Å². The minimum atomic E-state index is -0.455. The summed E-state index contributed by atoms with van der Waals surface area (Å²) in [4.78, 5) is 10.1. The minimum Gasteiger partial charge on any atom is -0.393 e. The number of aliphatic hydroxyl groups excluding tert-OH is 1. The fourth-order valence-corrected chi connectivity index (χ4v) is 1.61. The van der Waals surface area contributed by atoms with Crippen LogP contribution in [0, 0.1) is 5.41 Å². The van der Waals surface area contributed by atoms with E-state index in [1.165, 1.54) is 0 Å². The Kier molecular flexibility index (Phi) is 5.14. The molecule has 12 heavy (non-hydrogen) atoms. The topological polar surface area (TPSA) is 37.3 Å². The van der Waals surface area contributed by atoms with Gasteiger partial charge in [-0.1, -0.05) is 27.2 Å². The molecule has 0 amide bonds. The van der Waals surface area contributed by atoms with Crippen molar-refractivity contribution in [3.8, 4) is 0 Å². The smallest absolute Gasteiger partial charge is 0.122 e. The molecule has 2 nitrogen and oxygen atoms in total. The summed E-state index contributed by atoms with van der Waals surface area (Å²) in [6.07, 6.45) is 3.55. The molecule has 0 aliphatic heterocycles. The highest BCUT2D eigenvalue weighted by molar-refractivity contribution is 5.49. The molecule has 72 valence electrons. The Morgan fingerprint density at radius 2 is 2.08 bits per heavy atom. The van der Waals surface area contributed by atoms with Gasteiger partial charge in [-0.05, 0) is 18.3 Å². The van der Waals surface area contributed by atoms with E-state index in [9.17, 15) is 9.90 Å². The molecule has 0 spiro atoms. The molecule has 1 N–H and O–H groups in total. The van der Waals surface area contributed by atoms with Gasteiger partial charge in [-0.2, -0.15) is 0 Å². The Labute approximate surface area is 75.0 Å². The quantitative estimate of drug-likeness (QED) is 0.623. The third-order valence-corrected chi connectivity index (χ3v) is 2.08. The number of aldehydes is 1. The van der Waals surface area contributed by atoms with Crippen LogP contribution in [0.5, 0.6) is 0 Å². The third-order valence-electron chi connectivity index (χ3n) is 2.08. The maximum Gasteiger partial charge on any atom is 0.122 e. The van der Waals surface area contributed by atoms with Gasteiger partial charge in [0.25, 0.3) is 0 Å². The van der Waals surface area contributed by atoms with Crippen molar-refractivity contribution in [1.82, 2.24) is 0 Å². The van der Waals surface area contributed by atoms with Gasteiger partial charge in [0.2, 0.25) is 0 Å². The maximum absolute atomic E-state index is 10.1. The van der Waals surface area contributed by atoms with E-state index in [4.69, 9.17) is 0 Å². The normalized spacial score (nSPS) is 14.3. The maximum atomic E-state index is 10.1. The first-order valence-corrected chi connectivity index (χ1v) is 4.63. The van der Waals surface area contributed by atoms with Crippen LogP contribution >= 0.6 is 0 Å². The van der Waals surface area contributed by atoms with E-state index in [-0.39, 0.29) is 11.8 Å². The lowest BCUT2D eigenvalue weighted by molar-refractivity contribution is -0.109. The van der Waals surface area contributed by atoms with Crippen molar-refractivity contribution < 1.29 is 9.90 Å². The van der Waals surface area contributed by atoms with Crippen LogP contribution in [0.3, 0.4) is 0 Å². The van der Waals surface area contributed by atoms with Gasteiger partial charge >= 0.3 is 0 Å². The highest BCUT2D eigenvalue weighted by Crippen LogP contribution is 2.28. The van der Waals surface area contributed by atoms with E-state index in [0.29, 0.717) is 0 Å². The lowest BCUT2D eigenvalue weighted by atomic mass is 9.82. The molecule has 0 heterocycles. The highest BCUT2D eigenvalue weighted by Gasteiger charge is 2.20. The predicted molar refractivity (Wildman–Crippen MR) is 50.0 cm³/mol. The lowest BCUT2D eigenvalue weighted by Crippen LogP contribution is -2.20. The summed E-state index contributed by atoms with van der Waals surface area (Å²) in [6, 6.07) is 0. The first-order valence-electron chi connectivity index (χ1n) is 4.63. The van der Waals surface area contributed by atoms with Gasteiger partial charge in [0, 0.05) is 6.42 Å². The Hall–Kier alpha value is -0.370. The highest BCUT2D eigenvalue weighted by atomic mass is 16.3. The Bertz CT molecular complexity index is 130. The molecule has 1 atom stereocenters. The van der Waals surface area contributed by atoms with E-state index in [2.05, 4.69) is 20.8 Å². The van der Waals surface area contributed by atoms with Gasteiger partial charge in [-0.3, -0.25) is 0 Å². The second-order valence-corrected chi connectivity index (χ2v) is 4.17. The molecule has 0 fully saturated rings. The summed E-state index contributed by atoms with van der Waals surface area (Å²) >= 11 is 0. The van der Waals surface area contributed by atoms with Crippen LogP contribution in [0.2, 0.25) is 0 Å². The van der Waals surface area contributed by atoms with E-state index in [0.717, 1.165) is 25.5 Å². The molecular weight excluding hydrogens is 152 g/mol. The minimum absolute atomic E-state index is 0.164. The standard InChI is InChI=1S/C10H20O2/c1-4-6-10(2,3)8-9(12)5-7-11/h7,9,12H,4-6,8H2,1-3H3. The Balaban J connectivity index is 3.78. The zero-order chi connectivity index (χ0) is 9.61. The predicted octanol–water partition coefficient (Wildman–Crippen LogP) is 2.15. The SMILES string of the molecule is CCCC(C)(C)CC(O)CC=O. The monoisotopic (exact) mass is 172 g/mol. The van der Waals surface area contributed by atoms with Gasteiger partial charge in [-0.15, -0.1) is 0 Å². The summed E-state index contributed by atoms with van der Waals surface area (Å²) in [5.41, 5.74) is 0.164. The summed E-state index contributed by atoms with van der Waals surface area (Å²) in [7, 11) is 0. The van der Waals surface area contributed by atoms with Crippen molar-refractivity contribution in [1.29, 1.82) is 0 Å². The van der Waals surface area contributed by atoms with Crippen LogP contribution < -0.4 is 0 Å².